The number of para-hydroxylation sites is 2. The molecule has 0 radical (unpaired) electrons. The molecule has 0 aliphatic heterocycles. The molecule has 0 bridgehead atoms. The molecule has 25 heavy (non-hydrogen) atoms. The van der Waals surface area contributed by atoms with E-state index in [1.54, 1.807) is 0 Å². The Morgan fingerprint density at radius 2 is 1.44 bits per heavy atom. The summed E-state index contributed by atoms with van der Waals surface area (Å²) in [6.07, 6.45) is 1.25. The van der Waals surface area contributed by atoms with Crippen LogP contribution in [0.4, 0.5) is 11.4 Å². The number of anilines is 2. The molecule has 0 saturated heterocycles. The van der Waals surface area contributed by atoms with Gasteiger partial charge in [-0.25, -0.2) is 0 Å². The fraction of sp³-hybridized carbons (Fsp3) is 0.0952. The van der Waals surface area contributed by atoms with Crippen LogP contribution in [0.5, 0.6) is 0 Å². The summed E-state index contributed by atoms with van der Waals surface area (Å²) in [6, 6.07) is 23.4. The summed E-state index contributed by atoms with van der Waals surface area (Å²) in [5, 5.41) is 1.15. The minimum Gasteiger partial charge on any atom is -0.334 e. The molecule has 0 atom stereocenters. The van der Waals surface area contributed by atoms with Crippen LogP contribution in [0, 0.1) is 0 Å². The van der Waals surface area contributed by atoms with Gasteiger partial charge >= 0.3 is 0 Å². The monoisotopic (exact) mass is 369 g/mol. The van der Waals surface area contributed by atoms with Crippen molar-refractivity contribution in [3.05, 3.63) is 94.0 Å². The zero-order valence-electron chi connectivity index (χ0n) is 13.5. The van der Waals surface area contributed by atoms with Crippen LogP contribution in [0.1, 0.15) is 11.1 Å². The number of rotatable bonds is 6. The maximum atomic E-state index is 11.1. The third-order valence-corrected chi connectivity index (χ3v) is 4.59. The molecule has 3 aromatic rings. The van der Waals surface area contributed by atoms with E-state index in [2.05, 4.69) is 17.0 Å². The summed E-state index contributed by atoms with van der Waals surface area (Å²) in [5.74, 6) is 0. The molecule has 0 heterocycles. The highest BCUT2D eigenvalue weighted by molar-refractivity contribution is 6.39. The Labute approximate surface area is 157 Å². The molecular weight excluding hydrogens is 353 g/mol. The minimum absolute atomic E-state index is 0.337. The largest absolute Gasteiger partial charge is 0.334 e. The number of benzene rings is 3. The topological polar surface area (TPSA) is 20.3 Å². The van der Waals surface area contributed by atoms with Gasteiger partial charge in [0, 0.05) is 18.7 Å². The van der Waals surface area contributed by atoms with Gasteiger partial charge in [-0.3, -0.25) is 0 Å². The highest BCUT2D eigenvalue weighted by Gasteiger charge is 2.19. The SMILES string of the molecule is O=CCc1ccccc1N(Cc1ccccc1)c1c(Cl)cccc1Cl. The normalized spacial score (nSPS) is 10.5. The van der Waals surface area contributed by atoms with Crippen molar-refractivity contribution in [1.29, 1.82) is 0 Å². The number of halogens is 2. The van der Waals surface area contributed by atoms with Gasteiger partial charge in [0.1, 0.15) is 6.29 Å². The molecule has 0 aliphatic rings. The van der Waals surface area contributed by atoms with Gasteiger partial charge in [-0.15, -0.1) is 0 Å². The summed E-state index contributed by atoms with van der Waals surface area (Å²) in [6.45, 7) is 0.597. The third-order valence-electron chi connectivity index (χ3n) is 3.98. The lowest BCUT2D eigenvalue weighted by atomic mass is 10.1. The molecule has 0 fully saturated rings. The molecule has 2 nitrogen and oxygen atoms in total. The van der Waals surface area contributed by atoms with Crippen LogP contribution in [0.2, 0.25) is 10.0 Å². The zero-order chi connectivity index (χ0) is 17.6. The molecule has 0 spiro atoms. The lowest BCUT2D eigenvalue weighted by molar-refractivity contribution is -0.107. The van der Waals surface area contributed by atoms with E-state index < -0.39 is 0 Å². The van der Waals surface area contributed by atoms with E-state index >= 15 is 0 Å². The molecule has 0 saturated carbocycles. The Balaban J connectivity index is 2.14. The number of hydrogen-bond acceptors (Lipinski definition) is 2. The number of carbonyl (C=O) groups is 1. The van der Waals surface area contributed by atoms with E-state index in [1.807, 2.05) is 60.7 Å². The molecule has 3 rings (SSSR count). The predicted octanol–water partition coefficient (Wildman–Crippen LogP) is 6.07. The predicted molar refractivity (Wildman–Crippen MR) is 105 cm³/mol. The number of nitrogens with zero attached hydrogens (tertiary/aromatic N) is 1. The molecule has 126 valence electrons. The van der Waals surface area contributed by atoms with Crippen LogP contribution >= 0.6 is 23.2 Å². The molecule has 4 heteroatoms. The van der Waals surface area contributed by atoms with Crippen LogP contribution in [0.25, 0.3) is 0 Å². The second-order valence-electron chi connectivity index (χ2n) is 5.64. The Bertz CT molecular complexity index is 845. The highest BCUT2D eigenvalue weighted by atomic mass is 35.5. The quantitative estimate of drug-likeness (QED) is 0.491. The van der Waals surface area contributed by atoms with E-state index in [9.17, 15) is 4.79 Å². The highest BCUT2D eigenvalue weighted by Crippen LogP contribution is 2.40. The second kappa shape index (κ2) is 8.19. The molecule has 0 N–H and O–H groups in total. The Hall–Kier alpha value is -2.29. The van der Waals surface area contributed by atoms with Crippen LogP contribution in [0.3, 0.4) is 0 Å². The first kappa shape index (κ1) is 17.5. The molecule has 3 aromatic carbocycles. The first-order chi connectivity index (χ1) is 12.2. The summed E-state index contributed by atoms with van der Waals surface area (Å²) in [7, 11) is 0. The minimum atomic E-state index is 0.337. The Kier molecular flexibility index (Phi) is 5.75. The lowest BCUT2D eigenvalue weighted by Gasteiger charge is -2.29. The van der Waals surface area contributed by atoms with Gasteiger partial charge < -0.3 is 9.69 Å². The van der Waals surface area contributed by atoms with E-state index in [-0.39, 0.29) is 0 Å². The van der Waals surface area contributed by atoms with Crippen molar-refractivity contribution in [2.24, 2.45) is 0 Å². The van der Waals surface area contributed by atoms with Crippen molar-refractivity contribution in [2.75, 3.05) is 4.90 Å². The first-order valence-electron chi connectivity index (χ1n) is 7.97. The Morgan fingerprint density at radius 1 is 0.800 bits per heavy atom. The van der Waals surface area contributed by atoms with Crippen LogP contribution in [0.15, 0.2) is 72.8 Å². The average molecular weight is 370 g/mol. The number of aldehydes is 1. The molecular formula is C21H17Cl2NO. The van der Waals surface area contributed by atoms with Gasteiger partial charge in [0.25, 0.3) is 0 Å². The maximum absolute atomic E-state index is 11.1. The van der Waals surface area contributed by atoms with Gasteiger partial charge in [-0.1, -0.05) is 77.8 Å². The van der Waals surface area contributed by atoms with Crippen molar-refractivity contribution in [3.63, 3.8) is 0 Å². The van der Waals surface area contributed by atoms with Gasteiger partial charge in [0.2, 0.25) is 0 Å². The van der Waals surface area contributed by atoms with E-state index in [0.717, 1.165) is 28.8 Å². The summed E-state index contributed by atoms with van der Waals surface area (Å²) < 4.78 is 0. The average Bonchev–Trinajstić information content (AvgIpc) is 2.62. The van der Waals surface area contributed by atoms with Gasteiger partial charge in [0.15, 0.2) is 0 Å². The van der Waals surface area contributed by atoms with Gasteiger partial charge in [-0.05, 0) is 29.3 Å². The Morgan fingerprint density at radius 3 is 2.12 bits per heavy atom. The van der Waals surface area contributed by atoms with Crippen molar-refractivity contribution in [3.8, 4) is 0 Å². The standard InChI is InChI=1S/C21H17Cl2NO/c22-18-10-6-11-19(23)21(18)24(15-16-7-2-1-3-8-16)20-12-5-4-9-17(20)13-14-25/h1-12,14H,13,15H2. The number of hydrogen-bond donors (Lipinski definition) is 0. The molecule has 0 aromatic heterocycles. The van der Waals surface area contributed by atoms with Crippen LogP contribution in [-0.2, 0) is 17.8 Å². The first-order valence-corrected chi connectivity index (χ1v) is 8.73. The summed E-state index contributed by atoms with van der Waals surface area (Å²) in [5.41, 5.74) is 3.73. The maximum Gasteiger partial charge on any atom is 0.124 e. The molecule has 0 amide bonds. The third kappa shape index (κ3) is 4.04. The fourth-order valence-corrected chi connectivity index (χ4v) is 3.44. The second-order valence-corrected chi connectivity index (χ2v) is 6.46. The van der Waals surface area contributed by atoms with Crippen LogP contribution in [-0.4, -0.2) is 6.29 Å². The lowest BCUT2D eigenvalue weighted by Crippen LogP contribution is -2.19. The molecule has 0 unspecified atom stereocenters. The van der Waals surface area contributed by atoms with Crippen LogP contribution < -0.4 is 4.90 Å². The molecule has 0 aliphatic carbocycles. The van der Waals surface area contributed by atoms with Crippen molar-refractivity contribution in [2.45, 2.75) is 13.0 Å². The summed E-state index contributed by atoms with van der Waals surface area (Å²) in [4.78, 5) is 13.2. The van der Waals surface area contributed by atoms with Gasteiger partial charge in [-0.2, -0.15) is 0 Å². The van der Waals surface area contributed by atoms with Crippen molar-refractivity contribution >= 4 is 40.9 Å². The van der Waals surface area contributed by atoms with E-state index in [4.69, 9.17) is 23.2 Å². The fourth-order valence-electron chi connectivity index (χ4n) is 2.83. The summed E-state index contributed by atoms with van der Waals surface area (Å²) >= 11 is 12.9. The van der Waals surface area contributed by atoms with E-state index in [0.29, 0.717) is 23.0 Å². The van der Waals surface area contributed by atoms with Crippen molar-refractivity contribution in [1.82, 2.24) is 0 Å². The number of carbonyl (C=O) groups excluding carboxylic acids is 1. The zero-order valence-corrected chi connectivity index (χ0v) is 15.0. The smallest absolute Gasteiger partial charge is 0.124 e. The van der Waals surface area contributed by atoms with Crippen molar-refractivity contribution < 1.29 is 4.79 Å². The van der Waals surface area contributed by atoms with E-state index in [1.165, 1.54) is 0 Å². The van der Waals surface area contributed by atoms with Gasteiger partial charge in [0.05, 0.1) is 15.7 Å².